The molecule has 2 aromatic rings. The Morgan fingerprint density at radius 1 is 1.11 bits per heavy atom. The summed E-state index contributed by atoms with van der Waals surface area (Å²) in [6.45, 7) is 4.77. The van der Waals surface area contributed by atoms with Gasteiger partial charge in [-0.15, -0.1) is 0 Å². The van der Waals surface area contributed by atoms with Crippen molar-refractivity contribution in [2.75, 3.05) is 13.2 Å². The first-order valence-electron chi connectivity index (χ1n) is 6.32. The van der Waals surface area contributed by atoms with Gasteiger partial charge in [0.25, 0.3) is 0 Å². The number of hydrogen-bond acceptors (Lipinski definition) is 3. The molecule has 3 heteroatoms. The van der Waals surface area contributed by atoms with Crippen LogP contribution in [0.15, 0.2) is 41.1 Å². The Labute approximate surface area is 113 Å². The summed E-state index contributed by atoms with van der Waals surface area (Å²) in [5.41, 5.74) is 2.64. The quantitative estimate of drug-likeness (QED) is 0.824. The molecular weight excluding hydrogens is 242 g/mol. The molecule has 1 aromatic carbocycles. The molecule has 0 unspecified atom stereocenters. The molecule has 0 aliphatic heterocycles. The molecule has 0 aliphatic rings. The second-order valence-corrected chi connectivity index (χ2v) is 4.93. The van der Waals surface area contributed by atoms with Gasteiger partial charge in [-0.3, -0.25) is 0 Å². The Kier molecular flexibility index (Phi) is 5.24. The molecule has 1 N–H and O–H groups in total. The zero-order valence-corrected chi connectivity index (χ0v) is 11.5. The van der Waals surface area contributed by atoms with E-state index in [1.165, 1.54) is 11.1 Å². The number of hydrogen-bond donors (Lipinski definition) is 1. The van der Waals surface area contributed by atoms with Gasteiger partial charge < -0.3 is 10.1 Å². The van der Waals surface area contributed by atoms with Gasteiger partial charge >= 0.3 is 0 Å². The van der Waals surface area contributed by atoms with E-state index in [0.717, 1.165) is 31.9 Å². The van der Waals surface area contributed by atoms with Gasteiger partial charge in [0.2, 0.25) is 0 Å². The number of thiophene rings is 1. The summed E-state index contributed by atoms with van der Waals surface area (Å²) >= 11 is 1.73. The minimum atomic E-state index is 0.739. The fourth-order valence-corrected chi connectivity index (χ4v) is 2.40. The van der Waals surface area contributed by atoms with E-state index < -0.39 is 0 Å². The highest BCUT2D eigenvalue weighted by atomic mass is 32.1. The van der Waals surface area contributed by atoms with Gasteiger partial charge in [-0.25, -0.2) is 0 Å². The van der Waals surface area contributed by atoms with E-state index in [1.807, 2.05) is 12.1 Å². The highest BCUT2D eigenvalue weighted by molar-refractivity contribution is 7.07. The lowest BCUT2D eigenvalue weighted by molar-refractivity contribution is 0.322. The molecule has 96 valence electrons. The van der Waals surface area contributed by atoms with Crippen LogP contribution in [0.5, 0.6) is 5.75 Å². The van der Waals surface area contributed by atoms with Crippen LogP contribution in [0, 0.1) is 0 Å². The molecule has 2 nitrogen and oxygen atoms in total. The maximum atomic E-state index is 5.72. The number of rotatable bonds is 7. The van der Waals surface area contributed by atoms with Crippen LogP contribution in [-0.4, -0.2) is 13.2 Å². The van der Waals surface area contributed by atoms with Crippen LogP contribution in [0.1, 0.15) is 18.1 Å². The average molecular weight is 261 g/mol. The first-order valence-corrected chi connectivity index (χ1v) is 7.26. The highest BCUT2D eigenvalue weighted by Crippen LogP contribution is 2.13. The van der Waals surface area contributed by atoms with Crippen molar-refractivity contribution < 1.29 is 4.74 Å². The Morgan fingerprint density at radius 3 is 2.61 bits per heavy atom. The maximum absolute atomic E-state index is 5.72. The summed E-state index contributed by atoms with van der Waals surface area (Å²) < 4.78 is 5.72. The van der Waals surface area contributed by atoms with Gasteiger partial charge in [0.1, 0.15) is 5.75 Å². The molecule has 0 aliphatic carbocycles. The second kappa shape index (κ2) is 7.19. The lowest BCUT2D eigenvalue weighted by Crippen LogP contribution is -2.11. The van der Waals surface area contributed by atoms with E-state index in [9.17, 15) is 0 Å². The fraction of sp³-hybridized carbons (Fsp3) is 0.333. The third kappa shape index (κ3) is 4.17. The summed E-state index contributed by atoms with van der Waals surface area (Å²) in [7, 11) is 0. The molecule has 0 atom stereocenters. The van der Waals surface area contributed by atoms with Crippen LogP contribution in [0.2, 0.25) is 0 Å². The summed E-state index contributed by atoms with van der Waals surface area (Å²) in [5, 5.41) is 7.58. The molecule has 1 heterocycles. The minimum absolute atomic E-state index is 0.739. The Bertz CT molecular complexity index is 436. The summed E-state index contributed by atoms with van der Waals surface area (Å²) in [4.78, 5) is 0. The largest absolute Gasteiger partial charge is 0.493 e. The topological polar surface area (TPSA) is 21.3 Å². The fourth-order valence-electron chi connectivity index (χ4n) is 1.69. The van der Waals surface area contributed by atoms with Gasteiger partial charge in [-0.1, -0.05) is 19.1 Å². The first-order chi connectivity index (χ1) is 8.88. The predicted octanol–water partition coefficient (Wildman–Crippen LogP) is 3.48. The van der Waals surface area contributed by atoms with Crippen molar-refractivity contribution >= 4 is 11.3 Å². The van der Waals surface area contributed by atoms with Gasteiger partial charge in [-0.05, 0) is 46.6 Å². The van der Waals surface area contributed by atoms with Gasteiger partial charge in [-0.2, -0.15) is 11.3 Å². The van der Waals surface area contributed by atoms with Crippen LogP contribution >= 0.6 is 11.3 Å². The predicted molar refractivity (Wildman–Crippen MR) is 77.3 cm³/mol. The smallest absolute Gasteiger partial charge is 0.119 e. The minimum Gasteiger partial charge on any atom is -0.493 e. The Balaban J connectivity index is 1.75. The Morgan fingerprint density at radius 2 is 1.94 bits per heavy atom. The van der Waals surface area contributed by atoms with Crippen LogP contribution in [0.25, 0.3) is 0 Å². The molecule has 1 aromatic heterocycles. The maximum Gasteiger partial charge on any atom is 0.119 e. The van der Waals surface area contributed by atoms with Crippen LogP contribution in [-0.2, 0) is 13.0 Å². The van der Waals surface area contributed by atoms with E-state index in [2.05, 4.69) is 41.2 Å². The van der Waals surface area contributed by atoms with Crippen molar-refractivity contribution in [2.45, 2.75) is 19.9 Å². The van der Waals surface area contributed by atoms with Crippen molar-refractivity contribution in [3.05, 3.63) is 52.2 Å². The van der Waals surface area contributed by atoms with Gasteiger partial charge in [0.15, 0.2) is 0 Å². The van der Waals surface area contributed by atoms with Crippen molar-refractivity contribution in [1.82, 2.24) is 5.32 Å². The standard InChI is InChI=1S/C15H19NOS/c1-2-16-11-13-3-5-15(6-4-13)17-9-7-14-8-10-18-12-14/h3-6,8,10,12,16H,2,7,9,11H2,1H3. The molecular formula is C15H19NOS. The molecule has 0 radical (unpaired) electrons. The van der Waals surface area contributed by atoms with E-state index in [4.69, 9.17) is 4.74 Å². The van der Waals surface area contributed by atoms with Crippen molar-refractivity contribution in [3.63, 3.8) is 0 Å². The van der Waals surface area contributed by atoms with E-state index >= 15 is 0 Å². The summed E-state index contributed by atoms with van der Waals surface area (Å²) in [6, 6.07) is 10.5. The zero-order chi connectivity index (χ0) is 12.6. The highest BCUT2D eigenvalue weighted by Gasteiger charge is 1.97. The van der Waals surface area contributed by atoms with Crippen LogP contribution < -0.4 is 10.1 Å². The van der Waals surface area contributed by atoms with E-state index in [-0.39, 0.29) is 0 Å². The Hall–Kier alpha value is -1.32. The average Bonchev–Trinajstić information content (AvgIpc) is 2.91. The summed E-state index contributed by atoms with van der Waals surface area (Å²) in [5.74, 6) is 0.950. The SMILES string of the molecule is CCNCc1ccc(OCCc2ccsc2)cc1. The van der Waals surface area contributed by atoms with E-state index in [1.54, 1.807) is 11.3 Å². The molecule has 0 fully saturated rings. The molecule has 2 rings (SSSR count). The number of benzene rings is 1. The monoisotopic (exact) mass is 261 g/mol. The molecule has 0 spiro atoms. The number of nitrogens with one attached hydrogen (secondary N) is 1. The van der Waals surface area contributed by atoms with Crippen LogP contribution in [0.4, 0.5) is 0 Å². The lowest BCUT2D eigenvalue weighted by Gasteiger charge is -2.07. The third-order valence-electron chi connectivity index (χ3n) is 2.74. The van der Waals surface area contributed by atoms with Crippen molar-refractivity contribution in [2.24, 2.45) is 0 Å². The lowest BCUT2D eigenvalue weighted by atomic mass is 10.2. The zero-order valence-electron chi connectivity index (χ0n) is 10.7. The molecule has 18 heavy (non-hydrogen) atoms. The third-order valence-corrected chi connectivity index (χ3v) is 3.47. The van der Waals surface area contributed by atoms with Crippen molar-refractivity contribution in [3.8, 4) is 5.75 Å². The number of ether oxygens (including phenoxy) is 1. The van der Waals surface area contributed by atoms with Crippen molar-refractivity contribution in [1.29, 1.82) is 0 Å². The molecule has 0 saturated heterocycles. The first kappa shape index (κ1) is 13.1. The normalized spacial score (nSPS) is 10.5. The summed E-state index contributed by atoms with van der Waals surface area (Å²) in [6.07, 6.45) is 0.975. The molecule has 0 amide bonds. The second-order valence-electron chi connectivity index (χ2n) is 4.15. The van der Waals surface area contributed by atoms with E-state index in [0.29, 0.717) is 0 Å². The van der Waals surface area contributed by atoms with Gasteiger partial charge in [0.05, 0.1) is 6.61 Å². The van der Waals surface area contributed by atoms with Crippen LogP contribution in [0.3, 0.4) is 0 Å². The molecule has 0 saturated carbocycles. The van der Waals surface area contributed by atoms with Gasteiger partial charge in [0, 0.05) is 13.0 Å². The molecule has 0 bridgehead atoms.